The smallest absolute Gasteiger partial charge is 0.360 e. The van der Waals surface area contributed by atoms with E-state index in [1.807, 2.05) is 0 Å². The van der Waals surface area contributed by atoms with Crippen LogP contribution in [0.5, 0.6) is 0 Å². The maximum Gasteiger partial charge on any atom is 0.405 e. The molecule has 0 bridgehead atoms. The molecule has 178 valence electrons. The zero-order valence-electron chi connectivity index (χ0n) is 17.2. The van der Waals surface area contributed by atoms with E-state index in [1.54, 1.807) is 6.92 Å². The molecule has 0 aliphatic heterocycles. The van der Waals surface area contributed by atoms with Crippen molar-refractivity contribution in [3.05, 3.63) is 59.0 Å². The molecule has 0 fully saturated rings. The Morgan fingerprint density at radius 2 is 1.79 bits per heavy atom. The summed E-state index contributed by atoms with van der Waals surface area (Å²) in [6, 6.07) is 8.82. The van der Waals surface area contributed by atoms with Gasteiger partial charge in [0.25, 0.3) is 10.0 Å². The SMILES string of the molecule is Cc1[nH]nc2nc(-c3ccc(NS(=O)(=O)c4cc(Cl)ccc4F)cc3)nc(NCC(F)(F)F)c12. The molecular weight excluding hydrogens is 500 g/mol. The third-order valence-electron chi connectivity index (χ3n) is 4.63. The summed E-state index contributed by atoms with van der Waals surface area (Å²) in [7, 11) is -4.27. The van der Waals surface area contributed by atoms with Gasteiger partial charge in [-0.3, -0.25) is 9.82 Å². The minimum atomic E-state index is -4.46. The molecule has 14 heteroatoms. The highest BCUT2D eigenvalue weighted by Crippen LogP contribution is 2.28. The summed E-state index contributed by atoms with van der Waals surface area (Å²) < 4.78 is 79.5. The minimum Gasteiger partial charge on any atom is -0.360 e. The number of hydrogen-bond donors (Lipinski definition) is 3. The number of fused-ring (bicyclic) bond motifs is 1. The maximum atomic E-state index is 14.0. The number of alkyl halides is 3. The first kappa shape index (κ1) is 23.7. The highest BCUT2D eigenvalue weighted by atomic mass is 35.5. The molecule has 0 saturated heterocycles. The predicted octanol–water partition coefficient (Wildman–Crippen LogP) is 4.90. The molecule has 0 unspecified atom stereocenters. The monoisotopic (exact) mass is 514 g/mol. The van der Waals surface area contributed by atoms with Crippen LogP contribution in [-0.2, 0) is 10.0 Å². The fraction of sp³-hybridized carbons (Fsp3) is 0.150. The first-order valence-electron chi connectivity index (χ1n) is 9.54. The van der Waals surface area contributed by atoms with Crippen LogP contribution >= 0.6 is 11.6 Å². The molecule has 0 saturated carbocycles. The van der Waals surface area contributed by atoms with Crippen molar-refractivity contribution in [2.45, 2.75) is 18.0 Å². The number of aromatic nitrogens is 4. The van der Waals surface area contributed by atoms with E-state index >= 15 is 0 Å². The van der Waals surface area contributed by atoms with Gasteiger partial charge >= 0.3 is 6.18 Å². The van der Waals surface area contributed by atoms with E-state index in [-0.39, 0.29) is 28.0 Å². The van der Waals surface area contributed by atoms with Gasteiger partial charge in [0.1, 0.15) is 23.1 Å². The molecule has 34 heavy (non-hydrogen) atoms. The number of hydrogen-bond acceptors (Lipinski definition) is 6. The van der Waals surface area contributed by atoms with E-state index in [0.29, 0.717) is 16.6 Å². The van der Waals surface area contributed by atoms with Crippen LogP contribution in [0, 0.1) is 12.7 Å². The Morgan fingerprint density at radius 3 is 2.47 bits per heavy atom. The van der Waals surface area contributed by atoms with Gasteiger partial charge in [0.05, 0.1) is 5.39 Å². The quantitative estimate of drug-likeness (QED) is 0.316. The lowest BCUT2D eigenvalue weighted by molar-refractivity contribution is -0.115. The second kappa shape index (κ2) is 8.72. The molecule has 4 aromatic rings. The Kier molecular flexibility index (Phi) is 6.08. The van der Waals surface area contributed by atoms with Crippen molar-refractivity contribution in [2.75, 3.05) is 16.6 Å². The molecule has 2 heterocycles. The molecule has 0 aliphatic rings. The van der Waals surface area contributed by atoms with Gasteiger partial charge < -0.3 is 5.32 Å². The van der Waals surface area contributed by atoms with Crippen LogP contribution in [0.1, 0.15) is 5.69 Å². The molecule has 0 amide bonds. The Bertz CT molecular complexity index is 1470. The summed E-state index contributed by atoms with van der Waals surface area (Å²) >= 11 is 5.77. The number of H-pyrrole nitrogens is 1. The van der Waals surface area contributed by atoms with Gasteiger partial charge in [0, 0.05) is 22.0 Å². The van der Waals surface area contributed by atoms with Crippen LogP contribution in [-0.4, -0.2) is 41.3 Å². The summed E-state index contributed by atoms with van der Waals surface area (Å²) in [6.07, 6.45) is -4.46. The fourth-order valence-corrected chi connectivity index (χ4v) is 4.49. The molecule has 2 aromatic heterocycles. The highest BCUT2D eigenvalue weighted by molar-refractivity contribution is 7.92. The number of sulfonamides is 1. The Morgan fingerprint density at radius 1 is 1.09 bits per heavy atom. The number of nitrogens with zero attached hydrogens (tertiary/aromatic N) is 3. The van der Waals surface area contributed by atoms with Crippen molar-refractivity contribution >= 4 is 44.2 Å². The number of aryl methyl sites for hydroxylation is 1. The first-order chi connectivity index (χ1) is 15.9. The van der Waals surface area contributed by atoms with Crippen molar-refractivity contribution in [1.82, 2.24) is 20.2 Å². The van der Waals surface area contributed by atoms with Gasteiger partial charge in [-0.15, -0.1) is 0 Å². The van der Waals surface area contributed by atoms with Crippen molar-refractivity contribution < 1.29 is 26.0 Å². The normalized spacial score (nSPS) is 12.2. The topological polar surface area (TPSA) is 113 Å². The Hall–Kier alpha value is -3.45. The number of benzene rings is 2. The van der Waals surface area contributed by atoms with E-state index in [4.69, 9.17) is 11.6 Å². The molecular formula is C20H15ClF4N6O2S. The van der Waals surface area contributed by atoms with Crippen LogP contribution in [0.25, 0.3) is 22.4 Å². The van der Waals surface area contributed by atoms with Crippen LogP contribution in [0.2, 0.25) is 5.02 Å². The molecule has 0 radical (unpaired) electrons. The second-order valence-electron chi connectivity index (χ2n) is 7.17. The van der Waals surface area contributed by atoms with Crippen LogP contribution in [0.3, 0.4) is 0 Å². The summed E-state index contributed by atoms with van der Waals surface area (Å²) in [5.41, 5.74) is 1.14. The summed E-state index contributed by atoms with van der Waals surface area (Å²) in [6.45, 7) is 0.324. The summed E-state index contributed by atoms with van der Waals surface area (Å²) in [5.74, 6) is -0.952. The maximum absolute atomic E-state index is 14.0. The third-order valence-corrected chi connectivity index (χ3v) is 6.26. The molecule has 8 nitrogen and oxygen atoms in total. The minimum absolute atomic E-state index is 0.0493. The first-order valence-corrected chi connectivity index (χ1v) is 11.4. The number of anilines is 2. The van der Waals surface area contributed by atoms with Gasteiger partial charge in [-0.1, -0.05) is 11.6 Å². The molecule has 0 aliphatic carbocycles. The van der Waals surface area contributed by atoms with Crippen LogP contribution in [0.15, 0.2) is 47.4 Å². The lowest BCUT2D eigenvalue weighted by atomic mass is 10.2. The average molecular weight is 515 g/mol. The largest absolute Gasteiger partial charge is 0.405 e. The number of nitrogens with one attached hydrogen (secondary N) is 3. The lowest BCUT2D eigenvalue weighted by Crippen LogP contribution is -2.22. The number of rotatable bonds is 6. The van der Waals surface area contributed by atoms with E-state index in [9.17, 15) is 26.0 Å². The summed E-state index contributed by atoms with van der Waals surface area (Å²) in [4.78, 5) is 7.84. The Balaban J connectivity index is 1.64. The van der Waals surface area contributed by atoms with Gasteiger partial charge in [-0.2, -0.15) is 18.3 Å². The zero-order valence-corrected chi connectivity index (χ0v) is 18.8. The van der Waals surface area contributed by atoms with E-state index in [1.165, 1.54) is 30.3 Å². The number of halogens is 5. The van der Waals surface area contributed by atoms with Gasteiger partial charge in [-0.25, -0.2) is 22.8 Å². The van der Waals surface area contributed by atoms with Crippen LogP contribution < -0.4 is 10.0 Å². The number of aromatic amines is 1. The van der Waals surface area contributed by atoms with E-state index in [2.05, 4.69) is 30.2 Å². The van der Waals surface area contributed by atoms with E-state index in [0.717, 1.165) is 12.1 Å². The molecule has 0 spiro atoms. The highest BCUT2D eigenvalue weighted by Gasteiger charge is 2.28. The van der Waals surface area contributed by atoms with Crippen LogP contribution in [0.4, 0.5) is 29.1 Å². The second-order valence-corrected chi connectivity index (χ2v) is 9.26. The van der Waals surface area contributed by atoms with Crippen molar-refractivity contribution in [2.24, 2.45) is 0 Å². The zero-order chi connectivity index (χ0) is 24.7. The predicted molar refractivity (Wildman–Crippen MR) is 119 cm³/mol. The molecule has 3 N–H and O–H groups in total. The lowest BCUT2D eigenvalue weighted by Gasteiger charge is -2.12. The standard InChI is InChI=1S/C20H15ClF4N6O2S/c1-10-16-18(26-9-20(23,24)25)27-17(28-19(16)30-29-10)11-2-5-13(6-3-11)31-34(32,33)15-8-12(21)4-7-14(15)22/h2-8,31H,9H2,1H3,(H2,26,27,28,29,30). The average Bonchev–Trinajstić information content (AvgIpc) is 3.14. The van der Waals surface area contributed by atoms with Crippen molar-refractivity contribution in [3.63, 3.8) is 0 Å². The summed E-state index contributed by atoms with van der Waals surface area (Å²) in [5, 5.41) is 9.28. The third kappa shape index (κ3) is 5.04. The van der Waals surface area contributed by atoms with Gasteiger partial charge in [-0.05, 0) is 49.4 Å². The van der Waals surface area contributed by atoms with Crippen molar-refractivity contribution in [1.29, 1.82) is 0 Å². The Labute approximate surface area is 195 Å². The molecule has 4 rings (SSSR count). The molecule has 2 aromatic carbocycles. The van der Waals surface area contributed by atoms with Gasteiger partial charge in [0.15, 0.2) is 11.5 Å². The van der Waals surface area contributed by atoms with E-state index < -0.39 is 33.5 Å². The molecule has 0 atom stereocenters. The van der Waals surface area contributed by atoms with Crippen molar-refractivity contribution in [3.8, 4) is 11.4 Å². The fourth-order valence-electron chi connectivity index (χ4n) is 3.09. The van der Waals surface area contributed by atoms with Gasteiger partial charge in [0.2, 0.25) is 0 Å².